The molecule has 0 atom stereocenters. The van der Waals surface area contributed by atoms with Gasteiger partial charge in [-0.25, -0.2) is 4.79 Å². The first-order valence-corrected chi connectivity index (χ1v) is 4.31. The summed E-state index contributed by atoms with van der Waals surface area (Å²) in [6, 6.07) is 3.49. The van der Waals surface area contributed by atoms with Crippen molar-refractivity contribution in [1.29, 1.82) is 0 Å². The Hall–Kier alpha value is -2.44. The lowest BCUT2D eigenvalue weighted by Gasteiger charge is -2.04. The molecule has 1 aromatic rings. The molecule has 0 radical (unpaired) electrons. The Morgan fingerprint density at radius 2 is 2.19 bits per heavy atom. The SMILES string of the molecule is Cc1ccc(NC(=O)NC=O)cc1[N+](=O)[O-]. The third kappa shape index (κ3) is 2.77. The Morgan fingerprint density at radius 1 is 1.50 bits per heavy atom. The second kappa shape index (κ2) is 4.87. The minimum atomic E-state index is -0.742. The van der Waals surface area contributed by atoms with Crippen molar-refractivity contribution in [2.24, 2.45) is 0 Å². The van der Waals surface area contributed by atoms with Gasteiger partial charge in [0.15, 0.2) is 0 Å². The van der Waals surface area contributed by atoms with Crippen LogP contribution in [0.5, 0.6) is 0 Å². The highest BCUT2D eigenvalue weighted by Gasteiger charge is 2.11. The van der Waals surface area contributed by atoms with Gasteiger partial charge in [-0.15, -0.1) is 0 Å². The standard InChI is InChI=1S/C9H9N3O4/c1-6-2-3-7(4-8(6)12(15)16)11-9(14)10-5-13/h2-5H,1H3,(H2,10,11,13,14). The van der Waals surface area contributed by atoms with E-state index in [2.05, 4.69) is 5.32 Å². The predicted octanol–water partition coefficient (Wildman–Crippen LogP) is 1.18. The van der Waals surface area contributed by atoms with E-state index in [0.717, 1.165) is 0 Å². The molecule has 0 saturated carbocycles. The van der Waals surface area contributed by atoms with E-state index >= 15 is 0 Å². The van der Waals surface area contributed by atoms with E-state index in [-0.39, 0.29) is 17.8 Å². The van der Waals surface area contributed by atoms with Gasteiger partial charge in [0.05, 0.1) is 4.92 Å². The summed E-state index contributed by atoms with van der Waals surface area (Å²) < 4.78 is 0. The molecule has 0 fully saturated rings. The number of hydrogen-bond donors (Lipinski definition) is 2. The first-order valence-electron chi connectivity index (χ1n) is 4.31. The number of carbonyl (C=O) groups excluding carboxylic acids is 2. The van der Waals surface area contributed by atoms with E-state index in [4.69, 9.17) is 0 Å². The van der Waals surface area contributed by atoms with Crippen molar-refractivity contribution in [3.8, 4) is 0 Å². The van der Waals surface area contributed by atoms with E-state index in [1.54, 1.807) is 6.92 Å². The van der Waals surface area contributed by atoms with Crippen molar-refractivity contribution in [3.63, 3.8) is 0 Å². The molecule has 0 aliphatic heterocycles. The molecule has 0 bridgehead atoms. The summed E-state index contributed by atoms with van der Waals surface area (Å²) in [5, 5.41) is 14.7. The Morgan fingerprint density at radius 3 is 2.75 bits per heavy atom. The fourth-order valence-corrected chi connectivity index (χ4v) is 1.10. The van der Waals surface area contributed by atoms with E-state index in [1.807, 2.05) is 5.32 Å². The molecule has 0 spiro atoms. The van der Waals surface area contributed by atoms with Crippen molar-refractivity contribution in [1.82, 2.24) is 5.32 Å². The van der Waals surface area contributed by atoms with Crippen molar-refractivity contribution in [2.75, 3.05) is 5.32 Å². The second-order valence-corrected chi connectivity index (χ2v) is 2.97. The topological polar surface area (TPSA) is 101 Å². The molecule has 7 heteroatoms. The van der Waals surface area contributed by atoms with Gasteiger partial charge in [-0.3, -0.25) is 20.2 Å². The van der Waals surface area contributed by atoms with Crippen LogP contribution in [0.25, 0.3) is 0 Å². The lowest BCUT2D eigenvalue weighted by molar-refractivity contribution is -0.385. The fourth-order valence-electron chi connectivity index (χ4n) is 1.10. The van der Waals surface area contributed by atoms with E-state index in [0.29, 0.717) is 5.56 Å². The zero-order valence-corrected chi connectivity index (χ0v) is 8.39. The number of nitro benzene ring substituents is 1. The van der Waals surface area contributed by atoms with Gasteiger partial charge in [-0.2, -0.15) is 0 Å². The van der Waals surface area contributed by atoms with Crippen LogP contribution < -0.4 is 10.6 Å². The summed E-state index contributed by atoms with van der Waals surface area (Å²) in [6.07, 6.45) is 0.220. The molecule has 0 unspecified atom stereocenters. The molecular formula is C9H9N3O4. The van der Waals surface area contributed by atoms with Gasteiger partial charge < -0.3 is 5.32 Å². The molecule has 0 heterocycles. The highest BCUT2D eigenvalue weighted by atomic mass is 16.6. The maximum atomic E-state index is 11.0. The van der Waals surface area contributed by atoms with Crippen LogP contribution in [0.2, 0.25) is 0 Å². The third-order valence-electron chi connectivity index (χ3n) is 1.85. The summed E-state index contributed by atoms with van der Waals surface area (Å²) in [5.41, 5.74) is 0.645. The summed E-state index contributed by atoms with van der Waals surface area (Å²) in [4.78, 5) is 31.0. The number of anilines is 1. The molecule has 1 aromatic carbocycles. The maximum absolute atomic E-state index is 11.0. The first-order chi connectivity index (χ1) is 7.54. The summed E-state index contributed by atoms with van der Waals surface area (Å²) in [7, 11) is 0. The Labute approximate surface area is 90.6 Å². The predicted molar refractivity (Wildman–Crippen MR) is 56.1 cm³/mol. The maximum Gasteiger partial charge on any atom is 0.325 e. The fraction of sp³-hybridized carbons (Fsp3) is 0.111. The second-order valence-electron chi connectivity index (χ2n) is 2.97. The van der Waals surface area contributed by atoms with E-state index in [1.165, 1.54) is 18.2 Å². The number of imide groups is 1. The van der Waals surface area contributed by atoms with Gasteiger partial charge in [0.2, 0.25) is 6.41 Å². The summed E-state index contributed by atoms with van der Waals surface area (Å²) in [5.74, 6) is 0. The highest BCUT2D eigenvalue weighted by Crippen LogP contribution is 2.21. The van der Waals surface area contributed by atoms with Gasteiger partial charge in [0.1, 0.15) is 0 Å². The van der Waals surface area contributed by atoms with Crippen molar-refractivity contribution in [3.05, 3.63) is 33.9 Å². The lowest BCUT2D eigenvalue weighted by atomic mass is 10.2. The molecule has 0 aliphatic rings. The number of hydrogen-bond acceptors (Lipinski definition) is 4. The largest absolute Gasteiger partial charge is 0.325 e. The van der Waals surface area contributed by atoms with Gasteiger partial charge in [-0.1, -0.05) is 6.07 Å². The summed E-state index contributed by atoms with van der Waals surface area (Å²) >= 11 is 0. The monoisotopic (exact) mass is 223 g/mol. The zero-order valence-electron chi connectivity index (χ0n) is 8.39. The minimum Gasteiger partial charge on any atom is -0.307 e. The van der Waals surface area contributed by atoms with Crippen LogP contribution in [-0.4, -0.2) is 17.4 Å². The number of aryl methyl sites for hydroxylation is 1. The third-order valence-corrected chi connectivity index (χ3v) is 1.85. The van der Waals surface area contributed by atoms with Crippen molar-refractivity contribution in [2.45, 2.75) is 6.92 Å². The van der Waals surface area contributed by atoms with Gasteiger partial charge in [-0.05, 0) is 13.0 Å². The molecule has 0 aromatic heterocycles. The number of nitrogens with zero attached hydrogens (tertiary/aromatic N) is 1. The zero-order chi connectivity index (χ0) is 12.1. The highest BCUT2D eigenvalue weighted by molar-refractivity contribution is 5.95. The van der Waals surface area contributed by atoms with Crippen LogP contribution in [0.15, 0.2) is 18.2 Å². The van der Waals surface area contributed by atoms with Gasteiger partial charge in [0.25, 0.3) is 5.69 Å². The smallest absolute Gasteiger partial charge is 0.307 e. The molecule has 0 saturated heterocycles. The summed E-state index contributed by atoms with van der Waals surface area (Å²) in [6.45, 7) is 1.59. The average Bonchev–Trinajstić information content (AvgIpc) is 2.21. The average molecular weight is 223 g/mol. The van der Waals surface area contributed by atoms with Crippen LogP contribution in [0.3, 0.4) is 0 Å². The molecule has 7 nitrogen and oxygen atoms in total. The van der Waals surface area contributed by atoms with Gasteiger partial charge >= 0.3 is 6.03 Å². The van der Waals surface area contributed by atoms with Crippen LogP contribution in [0, 0.1) is 17.0 Å². The normalized spacial score (nSPS) is 9.31. The Bertz CT molecular complexity index is 444. The number of nitro groups is 1. The number of amides is 3. The molecule has 84 valence electrons. The first kappa shape index (κ1) is 11.6. The number of nitrogens with one attached hydrogen (secondary N) is 2. The molecule has 0 aliphatic carbocycles. The number of carbonyl (C=O) groups is 2. The van der Waals surface area contributed by atoms with Gasteiger partial charge in [0, 0.05) is 17.3 Å². The van der Waals surface area contributed by atoms with Crippen LogP contribution in [-0.2, 0) is 4.79 Å². The quantitative estimate of drug-likeness (QED) is 0.456. The number of urea groups is 1. The van der Waals surface area contributed by atoms with Crippen LogP contribution >= 0.6 is 0 Å². The van der Waals surface area contributed by atoms with Crippen LogP contribution in [0.1, 0.15) is 5.56 Å². The molecule has 16 heavy (non-hydrogen) atoms. The number of benzene rings is 1. The van der Waals surface area contributed by atoms with Crippen molar-refractivity contribution < 1.29 is 14.5 Å². The van der Waals surface area contributed by atoms with E-state index < -0.39 is 11.0 Å². The van der Waals surface area contributed by atoms with E-state index in [9.17, 15) is 19.7 Å². The Kier molecular flexibility index (Phi) is 3.54. The molecule has 2 N–H and O–H groups in total. The lowest BCUT2D eigenvalue weighted by Crippen LogP contribution is -2.27. The Balaban J connectivity index is 2.90. The number of rotatable bonds is 3. The molecule has 1 rings (SSSR count). The minimum absolute atomic E-state index is 0.0936. The van der Waals surface area contributed by atoms with Crippen molar-refractivity contribution >= 4 is 23.8 Å². The molecular weight excluding hydrogens is 214 g/mol. The molecule has 3 amide bonds. The van der Waals surface area contributed by atoms with Crippen LogP contribution in [0.4, 0.5) is 16.2 Å².